The zero-order valence-corrected chi connectivity index (χ0v) is 45.1. The summed E-state index contributed by atoms with van der Waals surface area (Å²) in [5.41, 5.74) is -4.60. The van der Waals surface area contributed by atoms with Gasteiger partial charge in [-0.3, -0.25) is 9.59 Å². The van der Waals surface area contributed by atoms with Crippen LogP contribution in [0.4, 0.5) is 11.4 Å². The second-order valence-electron chi connectivity index (χ2n) is 20.5. The summed E-state index contributed by atoms with van der Waals surface area (Å²) in [6.07, 6.45) is -9.34. The van der Waals surface area contributed by atoms with Crippen molar-refractivity contribution >= 4 is 57.1 Å². The largest absolute Gasteiger partial charge is 0.505 e. The van der Waals surface area contributed by atoms with Crippen LogP contribution in [0.15, 0.2) is 73.2 Å². The van der Waals surface area contributed by atoms with Gasteiger partial charge in [0.1, 0.15) is 52.0 Å². The molecule has 0 aliphatic carbocycles. The number of aromatic nitrogens is 3. The van der Waals surface area contributed by atoms with Crippen molar-refractivity contribution in [3.05, 3.63) is 126 Å². The van der Waals surface area contributed by atoms with E-state index in [1.165, 1.54) is 71.4 Å². The van der Waals surface area contributed by atoms with Gasteiger partial charge in [0.05, 0.1) is 27.5 Å². The van der Waals surface area contributed by atoms with Crippen molar-refractivity contribution in [2.45, 2.75) is 123 Å². The molecule has 8 atom stereocenters. The number of anilines is 2. The second kappa shape index (κ2) is 21.3. The molecule has 25 nitrogen and oxygen atoms in total. The van der Waals surface area contributed by atoms with Crippen LogP contribution in [0.5, 0.6) is 23.0 Å². The van der Waals surface area contributed by atoms with Gasteiger partial charge in [-0.1, -0.05) is 0 Å². The number of aromatic hydroxyl groups is 2. The highest BCUT2D eigenvalue weighted by molar-refractivity contribution is 6.12. The number of aromatic amines is 3. The molecule has 2 fully saturated rings. The first kappa shape index (κ1) is 56.3. The van der Waals surface area contributed by atoms with Gasteiger partial charge in [0.15, 0.2) is 47.3 Å². The minimum Gasteiger partial charge on any atom is -0.505 e. The fourth-order valence-corrected chi connectivity index (χ4v) is 10.0. The van der Waals surface area contributed by atoms with Gasteiger partial charge in [-0.05, 0) is 116 Å². The minimum atomic E-state index is -1.59. The number of aliphatic hydroxyl groups is 2. The number of aliphatic hydroxyl groups excluding tert-OH is 2. The number of aryl methyl sites for hydroxylation is 4. The van der Waals surface area contributed by atoms with Crippen molar-refractivity contribution in [2.24, 2.45) is 0 Å². The average molecular weight is 1110 g/mol. The number of amides is 2. The number of hydrogen-bond donors (Lipinski definition) is 9. The number of carbonyl (C=O) groups excluding carboxylic acids is 4. The van der Waals surface area contributed by atoms with E-state index in [0.29, 0.717) is 11.4 Å². The highest BCUT2D eigenvalue weighted by Crippen LogP contribution is 2.41. The molecule has 424 valence electrons. The Morgan fingerprint density at radius 2 is 1.00 bits per heavy atom. The van der Waals surface area contributed by atoms with Crippen LogP contribution in [0, 0.1) is 34.6 Å². The molecule has 2 aliphatic heterocycles. The Balaban J connectivity index is 0.890. The topological polar surface area (TPSA) is 355 Å². The van der Waals surface area contributed by atoms with Crippen LogP contribution in [0.1, 0.15) is 97.6 Å². The number of carbonyl (C=O) groups is 4. The molecule has 2 aromatic carbocycles. The molecule has 0 unspecified atom stereocenters. The number of rotatable bonds is 14. The second-order valence-corrected chi connectivity index (χ2v) is 20.5. The molecule has 2 aliphatic rings. The summed E-state index contributed by atoms with van der Waals surface area (Å²) in [6, 6.07) is 11.9. The van der Waals surface area contributed by atoms with E-state index in [9.17, 15) is 49.2 Å². The molecular weight excluding hydrogens is 1050 g/mol. The Morgan fingerprint density at radius 1 is 0.588 bits per heavy atom. The van der Waals surface area contributed by atoms with Crippen LogP contribution in [0.2, 0.25) is 0 Å². The summed E-state index contributed by atoms with van der Waals surface area (Å²) in [5.74, 6) is -4.71. The summed E-state index contributed by atoms with van der Waals surface area (Å²) < 4.78 is 58.3. The zero-order chi connectivity index (χ0) is 58.0. The lowest BCUT2D eigenvalue weighted by Crippen LogP contribution is -2.65. The fourth-order valence-electron chi connectivity index (χ4n) is 10.0. The molecule has 80 heavy (non-hydrogen) atoms. The first-order valence-electron chi connectivity index (χ1n) is 25.0. The van der Waals surface area contributed by atoms with E-state index >= 15 is 0 Å². The predicted molar refractivity (Wildman–Crippen MR) is 281 cm³/mol. The Morgan fingerprint density at radius 3 is 1.39 bits per heavy atom. The molecule has 9 N–H and O–H groups in total. The summed E-state index contributed by atoms with van der Waals surface area (Å²) in [5, 5.41) is 50.4. The van der Waals surface area contributed by atoms with Crippen LogP contribution in [0.25, 0.3) is 21.9 Å². The quantitative estimate of drug-likeness (QED) is 0.0474. The van der Waals surface area contributed by atoms with Crippen LogP contribution in [-0.2, 0) is 28.4 Å². The Kier molecular flexibility index (Phi) is 15.0. The molecule has 0 spiro atoms. The lowest BCUT2D eigenvalue weighted by Gasteiger charge is -2.47. The molecule has 0 radical (unpaired) electrons. The van der Waals surface area contributed by atoms with Crippen molar-refractivity contribution in [2.75, 3.05) is 24.9 Å². The van der Waals surface area contributed by atoms with Gasteiger partial charge in [0, 0.05) is 42.9 Å². The molecule has 2 amide bonds. The number of methoxy groups -OCH3 is 2. The smallest absolute Gasteiger partial charge is 0.364 e. The normalized spacial score (nSPS) is 22.4. The fraction of sp³-hybridized carbons (Fsp3) is 0.382. The lowest BCUT2D eigenvalue weighted by atomic mass is 9.89. The number of fused-ring (bicyclic) bond motifs is 2. The van der Waals surface area contributed by atoms with Gasteiger partial charge in [-0.15, -0.1) is 0 Å². The highest BCUT2D eigenvalue weighted by atomic mass is 16.7. The number of ether oxygens (including phenoxy) is 8. The third kappa shape index (κ3) is 10.2. The molecule has 7 aromatic rings. The summed E-state index contributed by atoms with van der Waals surface area (Å²) in [7, 11) is 2.76. The Labute approximate surface area is 454 Å². The molecule has 25 heteroatoms. The molecule has 5 aromatic heterocycles. The van der Waals surface area contributed by atoms with Crippen LogP contribution < -0.4 is 31.4 Å². The summed E-state index contributed by atoms with van der Waals surface area (Å²) >= 11 is 0. The first-order valence-corrected chi connectivity index (χ1v) is 25.0. The van der Waals surface area contributed by atoms with E-state index in [1.807, 2.05) is 0 Å². The Bertz CT molecular complexity index is 3480. The van der Waals surface area contributed by atoms with E-state index in [1.54, 1.807) is 53.7 Å². The van der Waals surface area contributed by atoms with Crippen molar-refractivity contribution in [1.29, 1.82) is 0 Å². The van der Waals surface area contributed by atoms with Crippen molar-refractivity contribution in [3.8, 4) is 23.0 Å². The van der Waals surface area contributed by atoms with Crippen molar-refractivity contribution in [1.82, 2.24) is 15.0 Å². The number of hydrogen-bond acceptors (Lipinski definition) is 20. The van der Waals surface area contributed by atoms with E-state index in [0.717, 1.165) is 6.20 Å². The van der Waals surface area contributed by atoms with Gasteiger partial charge in [0.25, 0.3) is 11.8 Å². The third-order valence-electron chi connectivity index (χ3n) is 14.2. The number of nitrogens with one attached hydrogen (secondary N) is 5. The first-order chi connectivity index (χ1) is 37.7. The van der Waals surface area contributed by atoms with Gasteiger partial charge >= 0.3 is 23.2 Å². The van der Waals surface area contributed by atoms with Gasteiger partial charge in [-0.2, -0.15) is 0 Å². The van der Waals surface area contributed by atoms with Crippen molar-refractivity contribution in [3.63, 3.8) is 0 Å². The van der Waals surface area contributed by atoms with Crippen molar-refractivity contribution < 1.29 is 86.3 Å². The van der Waals surface area contributed by atoms with E-state index in [-0.39, 0.29) is 72.8 Å². The molecule has 7 heterocycles. The van der Waals surface area contributed by atoms with Gasteiger partial charge in [0.2, 0.25) is 12.6 Å². The molecule has 0 bridgehead atoms. The average Bonchev–Trinajstić information content (AvgIpc) is 4.22. The van der Waals surface area contributed by atoms with Crippen LogP contribution in [-0.4, -0.2) is 134 Å². The molecule has 2 saturated heterocycles. The molecule has 9 rings (SSSR count). The Hall–Kier alpha value is -8.46. The van der Waals surface area contributed by atoms with E-state index < -0.39 is 118 Å². The van der Waals surface area contributed by atoms with Crippen LogP contribution >= 0.6 is 0 Å². The van der Waals surface area contributed by atoms with E-state index in [2.05, 4.69) is 25.6 Å². The number of esters is 2. The molecular formula is C55H59N5O20. The van der Waals surface area contributed by atoms with Gasteiger partial charge in [-0.25, -0.2) is 19.2 Å². The number of benzene rings is 2. The summed E-state index contributed by atoms with van der Waals surface area (Å²) in [6.45, 7) is 14.6. The maximum Gasteiger partial charge on any atom is 0.364 e. The number of H-pyrrole nitrogens is 3. The standard InChI is InChI=1S/C55H59N5O20/c1-21-12-16-29(57-21)48(67)77-42-38(63)52(79-54(6,7)44(42)71-10)73-31-18-14-26-36(61)34(50(69)75-40(26)24(31)4)59-46(65)28-20-56-33(23(28)3)47(66)60-35-37(62)27-15-19-32(25(5)41(27)76-51(35)70)74-53-39(64)43(45(72-11)55(8,9)80-53)78-49(68)30-17-13-22(2)58-30/h12-20,38-39,42-45,52-53,56-58,61-64H,1-11H3,(H,59,65)(H,60,66)/t38-,39-,42+,43+,44+,45+,52-,53-/m1/s1. The van der Waals surface area contributed by atoms with Crippen LogP contribution in [0.3, 0.4) is 0 Å². The lowest BCUT2D eigenvalue weighted by molar-refractivity contribution is -0.305. The SMILES string of the molecule is CO[C@H]1[C@@H](OC(=O)c2ccc(C)[nH]2)[C@@H](O)[C@H](Oc2ccc3c(O)c(NC(=O)c4c[nH]c(C(=O)Nc5c(O)c6ccc(O[C@@H]7OC(C)(C)[C@@H](OC)[C@@H](OC(=O)c8ccc(C)[nH]8)[C@H]7O)c(C)c6oc5=O)c4C)c(=O)oc3c2C)OC1(C)C. The maximum absolute atomic E-state index is 13.7. The maximum atomic E-state index is 13.7. The minimum absolute atomic E-state index is 0.0247. The van der Waals surface area contributed by atoms with Gasteiger partial charge < -0.3 is 92.7 Å². The molecule has 0 saturated carbocycles. The third-order valence-corrected chi connectivity index (χ3v) is 14.2. The summed E-state index contributed by atoms with van der Waals surface area (Å²) in [4.78, 5) is 89.0. The predicted octanol–water partition coefficient (Wildman–Crippen LogP) is 5.57. The monoisotopic (exact) mass is 1110 g/mol. The zero-order valence-electron chi connectivity index (χ0n) is 45.1. The highest BCUT2D eigenvalue weighted by Gasteiger charge is 2.55. The van der Waals surface area contributed by atoms with E-state index in [4.69, 9.17) is 46.7 Å².